The fourth-order valence-corrected chi connectivity index (χ4v) is 5.18. The maximum atomic E-state index is 14.5. The Hall–Kier alpha value is -2.64. The molecule has 3 aromatic heterocycles. The summed E-state index contributed by atoms with van der Waals surface area (Å²) in [6, 6.07) is 1.56. The molecule has 8 heteroatoms. The van der Waals surface area contributed by atoms with Gasteiger partial charge in [-0.15, -0.1) is 0 Å². The summed E-state index contributed by atoms with van der Waals surface area (Å²) < 4.78 is 28.1. The minimum atomic E-state index is -0.479. The highest BCUT2D eigenvalue weighted by atomic mass is 19.1. The van der Waals surface area contributed by atoms with Crippen molar-refractivity contribution < 1.29 is 8.78 Å². The molecule has 6 rings (SSSR count). The molecular formula is C20H22F2N6. The highest BCUT2D eigenvalue weighted by Gasteiger charge is 2.43. The van der Waals surface area contributed by atoms with Crippen LogP contribution in [0.5, 0.6) is 0 Å². The molecule has 28 heavy (non-hydrogen) atoms. The number of rotatable bonds is 4. The lowest BCUT2D eigenvalue weighted by atomic mass is 9.61. The number of aromatic amines is 1. The molecule has 3 heterocycles. The Morgan fingerprint density at radius 3 is 2.68 bits per heavy atom. The number of fused-ring (bicyclic) bond motifs is 4. The molecule has 0 amide bonds. The Morgan fingerprint density at radius 1 is 1.11 bits per heavy atom. The van der Waals surface area contributed by atoms with Crippen molar-refractivity contribution in [1.82, 2.24) is 25.1 Å². The van der Waals surface area contributed by atoms with Crippen LogP contribution in [0.3, 0.4) is 0 Å². The third kappa shape index (κ3) is 2.82. The van der Waals surface area contributed by atoms with Crippen LogP contribution in [-0.4, -0.2) is 31.2 Å². The highest BCUT2D eigenvalue weighted by molar-refractivity contribution is 5.88. The van der Waals surface area contributed by atoms with Crippen LogP contribution in [0.4, 0.5) is 14.6 Å². The van der Waals surface area contributed by atoms with Crippen molar-refractivity contribution in [2.75, 3.05) is 5.32 Å². The maximum Gasteiger partial charge on any atom is 0.183 e. The molecule has 0 aliphatic heterocycles. The van der Waals surface area contributed by atoms with Gasteiger partial charge in [-0.1, -0.05) is 13.3 Å². The molecule has 146 valence electrons. The lowest BCUT2D eigenvalue weighted by molar-refractivity contribution is 0.0784. The van der Waals surface area contributed by atoms with Gasteiger partial charge in [0, 0.05) is 6.04 Å². The fraction of sp³-hybridized carbons (Fsp3) is 0.500. The molecule has 0 radical (unpaired) electrons. The van der Waals surface area contributed by atoms with Crippen molar-refractivity contribution in [2.45, 2.75) is 45.1 Å². The monoisotopic (exact) mass is 384 g/mol. The van der Waals surface area contributed by atoms with E-state index >= 15 is 0 Å². The van der Waals surface area contributed by atoms with Crippen LogP contribution < -0.4 is 5.32 Å². The molecule has 0 spiro atoms. The molecule has 3 aliphatic carbocycles. The third-order valence-corrected chi connectivity index (χ3v) is 6.51. The molecule has 3 aromatic rings. The number of halogens is 2. The summed E-state index contributed by atoms with van der Waals surface area (Å²) in [7, 11) is 0. The molecule has 3 fully saturated rings. The van der Waals surface area contributed by atoms with Gasteiger partial charge in [0.15, 0.2) is 23.1 Å². The van der Waals surface area contributed by atoms with Crippen LogP contribution in [0, 0.1) is 29.4 Å². The first-order chi connectivity index (χ1) is 13.6. The van der Waals surface area contributed by atoms with Gasteiger partial charge in [-0.05, 0) is 49.5 Å². The van der Waals surface area contributed by atoms with Crippen LogP contribution in [0.2, 0.25) is 0 Å². The Bertz CT molecular complexity index is 1010. The van der Waals surface area contributed by atoms with E-state index in [1.807, 2.05) is 0 Å². The largest absolute Gasteiger partial charge is 0.364 e. The smallest absolute Gasteiger partial charge is 0.183 e. The summed E-state index contributed by atoms with van der Waals surface area (Å²) >= 11 is 0. The van der Waals surface area contributed by atoms with Gasteiger partial charge in [-0.3, -0.25) is 5.10 Å². The number of nitrogens with zero attached hydrogens (tertiary/aromatic N) is 4. The van der Waals surface area contributed by atoms with Gasteiger partial charge >= 0.3 is 0 Å². The molecule has 3 saturated carbocycles. The molecular weight excluding hydrogens is 362 g/mol. The topological polar surface area (TPSA) is 79.4 Å². The van der Waals surface area contributed by atoms with E-state index in [4.69, 9.17) is 0 Å². The van der Waals surface area contributed by atoms with E-state index in [0.717, 1.165) is 18.8 Å². The molecule has 0 aromatic carbocycles. The average molecular weight is 384 g/mol. The van der Waals surface area contributed by atoms with Gasteiger partial charge < -0.3 is 5.32 Å². The lowest BCUT2D eigenvalue weighted by Gasteiger charge is -2.49. The van der Waals surface area contributed by atoms with Crippen molar-refractivity contribution in [3.05, 3.63) is 30.1 Å². The van der Waals surface area contributed by atoms with Crippen LogP contribution in [0.15, 0.2) is 18.5 Å². The molecule has 6 nitrogen and oxygen atoms in total. The number of hydrogen-bond acceptors (Lipinski definition) is 5. The number of anilines is 1. The van der Waals surface area contributed by atoms with Gasteiger partial charge in [0.05, 0.1) is 17.8 Å². The van der Waals surface area contributed by atoms with E-state index in [0.29, 0.717) is 34.5 Å². The number of aromatic nitrogens is 5. The Labute approximate surface area is 161 Å². The summed E-state index contributed by atoms with van der Waals surface area (Å²) in [6.45, 7) is 2.21. The SMILES string of the molecule is CC[C@@H]1C2CCC(CC2)C1Nc1nc(-c2[nH]nc3ncc(F)cc23)ncc1F. The number of nitrogens with one attached hydrogen (secondary N) is 2. The fourth-order valence-electron chi connectivity index (χ4n) is 5.18. The molecule has 2 atom stereocenters. The molecule has 0 saturated heterocycles. The first-order valence-electron chi connectivity index (χ1n) is 9.93. The van der Waals surface area contributed by atoms with Crippen molar-refractivity contribution in [2.24, 2.45) is 17.8 Å². The van der Waals surface area contributed by atoms with E-state index in [2.05, 4.69) is 37.4 Å². The van der Waals surface area contributed by atoms with Crippen molar-refractivity contribution in [1.29, 1.82) is 0 Å². The molecule has 1 unspecified atom stereocenters. The standard InChI is InChI=1S/C20H22F2N6/c1-2-13-10-3-5-11(6-4-10)16(13)25-19-15(22)9-24-20(26-19)17-14-7-12(21)8-23-18(14)28-27-17/h7-11,13,16H,2-6H2,1H3,(H,23,27,28)(H,24,25,26)/t10?,11?,13-,16?/m1/s1. The molecule has 2 bridgehead atoms. The van der Waals surface area contributed by atoms with Gasteiger partial charge in [0.2, 0.25) is 0 Å². The number of H-pyrrole nitrogens is 1. The summed E-state index contributed by atoms with van der Waals surface area (Å²) in [4.78, 5) is 12.5. The summed E-state index contributed by atoms with van der Waals surface area (Å²) in [6.07, 6.45) is 8.27. The van der Waals surface area contributed by atoms with E-state index in [1.165, 1.54) is 31.7 Å². The van der Waals surface area contributed by atoms with E-state index in [9.17, 15) is 8.78 Å². The Morgan fingerprint density at radius 2 is 1.89 bits per heavy atom. The van der Waals surface area contributed by atoms with Gasteiger partial charge in [0.25, 0.3) is 0 Å². The summed E-state index contributed by atoms with van der Waals surface area (Å²) in [5.74, 6) is 1.33. The maximum absolute atomic E-state index is 14.5. The second kappa shape index (κ2) is 6.76. The normalized spacial score (nSPS) is 26.7. The average Bonchev–Trinajstić information content (AvgIpc) is 3.13. The highest BCUT2D eigenvalue weighted by Crippen LogP contribution is 2.47. The minimum absolute atomic E-state index is 0.202. The zero-order valence-electron chi connectivity index (χ0n) is 15.6. The predicted octanol–water partition coefficient (Wildman–Crippen LogP) is 4.32. The first-order valence-corrected chi connectivity index (χ1v) is 9.93. The number of pyridine rings is 1. The van der Waals surface area contributed by atoms with Crippen molar-refractivity contribution >= 4 is 16.9 Å². The van der Waals surface area contributed by atoms with Crippen molar-refractivity contribution in [3.63, 3.8) is 0 Å². The Balaban J connectivity index is 1.50. The van der Waals surface area contributed by atoms with Gasteiger partial charge in [0.1, 0.15) is 11.5 Å². The zero-order chi connectivity index (χ0) is 19.3. The first kappa shape index (κ1) is 17.5. The van der Waals surface area contributed by atoms with E-state index in [1.54, 1.807) is 0 Å². The summed E-state index contributed by atoms with van der Waals surface area (Å²) in [5, 5.41) is 10.7. The van der Waals surface area contributed by atoms with Crippen LogP contribution in [0.25, 0.3) is 22.6 Å². The lowest BCUT2D eigenvalue weighted by Crippen LogP contribution is -2.48. The van der Waals surface area contributed by atoms with E-state index < -0.39 is 11.6 Å². The minimum Gasteiger partial charge on any atom is -0.364 e. The van der Waals surface area contributed by atoms with Crippen LogP contribution in [-0.2, 0) is 0 Å². The van der Waals surface area contributed by atoms with Crippen molar-refractivity contribution in [3.8, 4) is 11.5 Å². The second-order valence-electron chi connectivity index (χ2n) is 7.93. The van der Waals surface area contributed by atoms with E-state index in [-0.39, 0.29) is 17.7 Å². The quantitative estimate of drug-likeness (QED) is 0.700. The zero-order valence-corrected chi connectivity index (χ0v) is 15.6. The Kier molecular flexibility index (Phi) is 4.21. The summed E-state index contributed by atoms with van der Waals surface area (Å²) in [5.41, 5.74) is 0.803. The second-order valence-corrected chi connectivity index (χ2v) is 7.93. The number of hydrogen-bond donors (Lipinski definition) is 2. The van der Waals surface area contributed by atoms with Gasteiger partial charge in [-0.2, -0.15) is 5.10 Å². The predicted molar refractivity (Wildman–Crippen MR) is 101 cm³/mol. The molecule has 3 aliphatic rings. The molecule has 2 N–H and O–H groups in total. The van der Waals surface area contributed by atoms with Crippen LogP contribution in [0.1, 0.15) is 39.0 Å². The third-order valence-electron chi connectivity index (χ3n) is 6.51. The van der Waals surface area contributed by atoms with Crippen LogP contribution >= 0.6 is 0 Å². The van der Waals surface area contributed by atoms with Gasteiger partial charge in [-0.25, -0.2) is 23.7 Å².